The number of carbonyl (C=O) groups excluding carboxylic acids is 2. The third-order valence-corrected chi connectivity index (χ3v) is 4.32. The van der Waals surface area contributed by atoms with Gasteiger partial charge in [-0.1, -0.05) is 54.1 Å². The van der Waals surface area contributed by atoms with E-state index in [1.807, 2.05) is 30.3 Å². The first kappa shape index (κ1) is 18.5. The molecule has 3 aromatic carbocycles. The highest BCUT2D eigenvalue weighted by Gasteiger charge is 2.17. The summed E-state index contributed by atoms with van der Waals surface area (Å²) in [4.78, 5) is 24.2. The Morgan fingerprint density at radius 3 is 2.41 bits per heavy atom. The number of carbonyl (C=O) groups is 2. The molecule has 0 fully saturated rings. The number of halogens is 1. The van der Waals surface area contributed by atoms with Crippen molar-refractivity contribution in [2.45, 2.75) is 0 Å². The second-order valence-electron chi connectivity index (χ2n) is 5.71. The lowest BCUT2D eigenvalue weighted by atomic mass is 10.0. The van der Waals surface area contributed by atoms with Gasteiger partial charge in [-0.15, -0.1) is 0 Å². The van der Waals surface area contributed by atoms with Gasteiger partial charge in [-0.3, -0.25) is 4.79 Å². The van der Waals surface area contributed by atoms with Crippen molar-refractivity contribution >= 4 is 29.2 Å². The van der Waals surface area contributed by atoms with Gasteiger partial charge in [0.1, 0.15) is 5.75 Å². The van der Waals surface area contributed by atoms with Gasteiger partial charge in [0.25, 0.3) is 5.91 Å². The molecule has 136 valence electrons. The summed E-state index contributed by atoms with van der Waals surface area (Å²) in [5.41, 5.74) is 2.05. The van der Waals surface area contributed by atoms with Crippen LogP contribution in [0.25, 0.3) is 11.1 Å². The number of rotatable bonds is 4. The van der Waals surface area contributed by atoms with Crippen molar-refractivity contribution in [3.05, 3.63) is 82.9 Å². The third kappa shape index (κ3) is 3.93. The summed E-state index contributed by atoms with van der Waals surface area (Å²) in [5.74, 6) is -1.16. The normalized spacial score (nSPS) is 10.3. The van der Waals surface area contributed by atoms with E-state index in [-0.39, 0.29) is 21.9 Å². The number of aromatic hydroxyl groups is 1. The summed E-state index contributed by atoms with van der Waals surface area (Å²) in [6.45, 7) is 0. The highest BCUT2D eigenvalue weighted by atomic mass is 35.5. The second kappa shape index (κ2) is 7.93. The number of phenols is 1. The van der Waals surface area contributed by atoms with Crippen LogP contribution in [0, 0.1) is 0 Å². The highest BCUT2D eigenvalue weighted by molar-refractivity contribution is 6.34. The van der Waals surface area contributed by atoms with E-state index >= 15 is 0 Å². The van der Waals surface area contributed by atoms with Crippen molar-refractivity contribution in [2.24, 2.45) is 0 Å². The summed E-state index contributed by atoms with van der Waals surface area (Å²) in [5, 5.41) is 13.4. The molecule has 0 saturated carbocycles. The maximum absolute atomic E-state index is 12.6. The van der Waals surface area contributed by atoms with E-state index in [0.717, 1.165) is 5.56 Å². The number of benzene rings is 3. The molecule has 1 amide bonds. The molecule has 0 aliphatic carbocycles. The lowest BCUT2D eigenvalue weighted by Gasteiger charge is -2.12. The van der Waals surface area contributed by atoms with Gasteiger partial charge in [-0.05, 0) is 29.8 Å². The van der Waals surface area contributed by atoms with Crippen LogP contribution in [0.4, 0.5) is 5.69 Å². The van der Waals surface area contributed by atoms with Crippen LogP contribution in [0.2, 0.25) is 5.02 Å². The van der Waals surface area contributed by atoms with Crippen LogP contribution in [0.5, 0.6) is 5.75 Å². The van der Waals surface area contributed by atoms with Gasteiger partial charge in [-0.2, -0.15) is 0 Å². The molecule has 0 radical (unpaired) electrons. The molecule has 0 atom stereocenters. The Balaban J connectivity index is 1.88. The van der Waals surface area contributed by atoms with E-state index in [2.05, 4.69) is 10.1 Å². The maximum atomic E-state index is 12.6. The molecule has 0 aromatic heterocycles. The molecule has 0 spiro atoms. The van der Waals surface area contributed by atoms with Crippen LogP contribution in [-0.2, 0) is 4.74 Å². The number of ether oxygens (including phenoxy) is 1. The molecule has 27 heavy (non-hydrogen) atoms. The fourth-order valence-corrected chi connectivity index (χ4v) is 2.86. The average Bonchev–Trinajstić information content (AvgIpc) is 2.69. The van der Waals surface area contributed by atoms with Crippen LogP contribution in [0.3, 0.4) is 0 Å². The monoisotopic (exact) mass is 381 g/mol. The van der Waals surface area contributed by atoms with Crippen LogP contribution in [0.15, 0.2) is 66.7 Å². The molecular formula is C21H16ClNO4. The standard InChI is InChI=1S/C21H16ClNO4/c1-27-21(26)14-10-11-18(17(22)12-14)23-20(25)16-9-5-8-15(19(16)24)13-6-3-2-4-7-13/h2-12,24H,1H3,(H,23,25). The number of hydrogen-bond acceptors (Lipinski definition) is 4. The molecule has 3 rings (SSSR count). The summed E-state index contributed by atoms with van der Waals surface area (Å²) < 4.78 is 4.63. The highest BCUT2D eigenvalue weighted by Crippen LogP contribution is 2.33. The first-order valence-corrected chi connectivity index (χ1v) is 8.45. The van der Waals surface area contributed by atoms with Crippen molar-refractivity contribution < 1.29 is 19.4 Å². The zero-order valence-electron chi connectivity index (χ0n) is 14.4. The van der Waals surface area contributed by atoms with Crippen LogP contribution >= 0.6 is 11.6 Å². The Bertz CT molecular complexity index is 1000. The number of anilines is 1. The molecule has 0 saturated heterocycles. The van der Waals surface area contributed by atoms with Crippen molar-refractivity contribution in [3.8, 4) is 16.9 Å². The lowest BCUT2D eigenvalue weighted by Crippen LogP contribution is -2.13. The Morgan fingerprint density at radius 1 is 1.00 bits per heavy atom. The van der Waals surface area contributed by atoms with Crippen molar-refractivity contribution in [1.29, 1.82) is 0 Å². The molecular weight excluding hydrogens is 366 g/mol. The van der Waals surface area contributed by atoms with E-state index in [0.29, 0.717) is 11.3 Å². The maximum Gasteiger partial charge on any atom is 0.337 e. The Hall–Kier alpha value is -3.31. The molecule has 0 unspecified atom stereocenters. The zero-order valence-corrected chi connectivity index (χ0v) is 15.2. The van der Waals surface area contributed by atoms with E-state index in [4.69, 9.17) is 11.6 Å². The number of para-hydroxylation sites is 1. The number of amides is 1. The number of hydrogen-bond donors (Lipinski definition) is 2. The van der Waals surface area contributed by atoms with Gasteiger partial charge < -0.3 is 15.2 Å². The Morgan fingerprint density at radius 2 is 1.74 bits per heavy atom. The predicted molar refractivity (Wildman–Crippen MR) is 104 cm³/mol. The Labute approximate surface area is 161 Å². The van der Waals surface area contributed by atoms with Crippen molar-refractivity contribution in [2.75, 3.05) is 12.4 Å². The van der Waals surface area contributed by atoms with Gasteiger partial charge in [0, 0.05) is 5.56 Å². The fraction of sp³-hybridized carbons (Fsp3) is 0.0476. The first-order chi connectivity index (χ1) is 13.0. The van der Waals surface area contributed by atoms with E-state index in [1.165, 1.54) is 31.4 Å². The third-order valence-electron chi connectivity index (χ3n) is 4.00. The van der Waals surface area contributed by atoms with E-state index < -0.39 is 11.9 Å². The quantitative estimate of drug-likeness (QED) is 0.639. The summed E-state index contributed by atoms with van der Waals surface area (Å²) in [7, 11) is 1.27. The molecule has 0 bridgehead atoms. The number of nitrogens with one attached hydrogen (secondary N) is 1. The van der Waals surface area contributed by atoms with E-state index in [9.17, 15) is 14.7 Å². The van der Waals surface area contributed by atoms with Crippen LogP contribution in [0.1, 0.15) is 20.7 Å². The van der Waals surface area contributed by atoms with Gasteiger partial charge in [0.05, 0.1) is 28.9 Å². The predicted octanol–water partition coefficient (Wildman–Crippen LogP) is 4.75. The van der Waals surface area contributed by atoms with Gasteiger partial charge >= 0.3 is 5.97 Å². The van der Waals surface area contributed by atoms with Crippen LogP contribution in [-0.4, -0.2) is 24.1 Å². The summed E-state index contributed by atoms with van der Waals surface area (Å²) >= 11 is 6.14. The minimum atomic E-state index is -0.525. The molecule has 6 heteroatoms. The summed E-state index contributed by atoms with van der Waals surface area (Å²) in [6, 6.07) is 18.6. The average molecular weight is 382 g/mol. The minimum Gasteiger partial charge on any atom is -0.506 e. The molecule has 3 aromatic rings. The van der Waals surface area contributed by atoms with Crippen LogP contribution < -0.4 is 5.32 Å². The SMILES string of the molecule is COC(=O)c1ccc(NC(=O)c2cccc(-c3ccccc3)c2O)c(Cl)c1. The molecule has 5 nitrogen and oxygen atoms in total. The zero-order chi connectivity index (χ0) is 19.4. The summed E-state index contributed by atoms with van der Waals surface area (Å²) in [6.07, 6.45) is 0. The molecule has 0 aliphatic rings. The van der Waals surface area contributed by atoms with Crippen molar-refractivity contribution in [1.82, 2.24) is 0 Å². The van der Waals surface area contributed by atoms with Gasteiger partial charge in [-0.25, -0.2) is 4.79 Å². The molecule has 2 N–H and O–H groups in total. The van der Waals surface area contributed by atoms with Gasteiger partial charge in [0.15, 0.2) is 0 Å². The van der Waals surface area contributed by atoms with Gasteiger partial charge in [0.2, 0.25) is 0 Å². The largest absolute Gasteiger partial charge is 0.506 e. The first-order valence-electron chi connectivity index (χ1n) is 8.08. The number of methoxy groups -OCH3 is 1. The lowest BCUT2D eigenvalue weighted by molar-refractivity contribution is 0.0600. The number of esters is 1. The smallest absolute Gasteiger partial charge is 0.337 e. The van der Waals surface area contributed by atoms with Crippen molar-refractivity contribution in [3.63, 3.8) is 0 Å². The fourth-order valence-electron chi connectivity index (χ4n) is 2.63. The topological polar surface area (TPSA) is 75.6 Å². The number of phenolic OH excluding ortho intramolecular Hbond substituents is 1. The second-order valence-corrected chi connectivity index (χ2v) is 6.12. The van der Waals surface area contributed by atoms with E-state index in [1.54, 1.807) is 12.1 Å². The molecule has 0 aliphatic heterocycles. The minimum absolute atomic E-state index is 0.115. The molecule has 0 heterocycles. The Kier molecular flexibility index (Phi) is 5.43.